The first-order chi connectivity index (χ1) is 7.93. The van der Waals surface area contributed by atoms with E-state index in [0.717, 1.165) is 12.8 Å². The standard InChI is InChI=1S/C13H15ClN2O/c1-4-13(2,3)15-12(17)11-7-9(14)8-16(11)10-5-6-10/h1,7-8,10H,5-6H2,2-3H3,(H,15,17). The summed E-state index contributed by atoms with van der Waals surface area (Å²) in [7, 11) is 0. The number of halogens is 1. The lowest BCUT2D eigenvalue weighted by Gasteiger charge is -2.20. The molecule has 4 heteroatoms. The zero-order valence-corrected chi connectivity index (χ0v) is 10.7. The van der Waals surface area contributed by atoms with E-state index in [2.05, 4.69) is 11.2 Å². The molecule has 1 fully saturated rings. The fraction of sp³-hybridized carbons (Fsp3) is 0.462. The summed E-state index contributed by atoms with van der Waals surface area (Å²) in [5.41, 5.74) is -0.0665. The third kappa shape index (κ3) is 2.65. The predicted octanol–water partition coefficient (Wildman–Crippen LogP) is 2.62. The van der Waals surface area contributed by atoms with Crippen LogP contribution in [0, 0.1) is 12.3 Å². The van der Waals surface area contributed by atoms with Crippen LogP contribution in [0.4, 0.5) is 0 Å². The quantitative estimate of drug-likeness (QED) is 0.823. The maximum Gasteiger partial charge on any atom is 0.269 e. The van der Waals surface area contributed by atoms with E-state index in [0.29, 0.717) is 16.8 Å². The van der Waals surface area contributed by atoms with Crippen molar-refractivity contribution in [3.05, 3.63) is 23.0 Å². The first-order valence-electron chi connectivity index (χ1n) is 5.60. The highest BCUT2D eigenvalue weighted by Crippen LogP contribution is 2.37. The van der Waals surface area contributed by atoms with Gasteiger partial charge < -0.3 is 9.88 Å². The number of rotatable bonds is 3. The molecule has 0 unspecified atom stereocenters. The smallest absolute Gasteiger partial charge is 0.269 e. The maximum absolute atomic E-state index is 12.1. The van der Waals surface area contributed by atoms with E-state index in [1.54, 1.807) is 26.1 Å². The van der Waals surface area contributed by atoms with Crippen LogP contribution in [0.1, 0.15) is 43.2 Å². The van der Waals surface area contributed by atoms with Gasteiger partial charge in [-0.2, -0.15) is 0 Å². The average molecular weight is 251 g/mol. The van der Waals surface area contributed by atoms with Crippen LogP contribution in [0.2, 0.25) is 5.02 Å². The Kier molecular flexibility index (Phi) is 2.92. The second-order valence-electron chi connectivity index (χ2n) is 4.91. The molecule has 17 heavy (non-hydrogen) atoms. The summed E-state index contributed by atoms with van der Waals surface area (Å²) in [5, 5.41) is 3.39. The molecule has 1 aromatic rings. The van der Waals surface area contributed by atoms with Gasteiger partial charge in [-0.25, -0.2) is 0 Å². The minimum atomic E-state index is -0.651. The van der Waals surface area contributed by atoms with Gasteiger partial charge in [-0.1, -0.05) is 17.5 Å². The van der Waals surface area contributed by atoms with Gasteiger partial charge in [-0.15, -0.1) is 6.42 Å². The van der Waals surface area contributed by atoms with Gasteiger partial charge in [0.2, 0.25) is 0 Å². The maximum atomic E-state index is 12.1. The molecule has 2 rings (SSSR count). The lowest BCUT2D eigenvalue weighted by Crippen LogP contribution is -2.42. The van der Waals surface area contributed by atoms with Gasteiger partial charge in [0, 0.05) is 12.2 Å². The van der Waals surface area contributed by atoms with E-state index in [1.807, 2.05) is 4.57 Å². The van der Waals surface area contributed by atoms with Crippen LogP contribution in [0.3, 0.4) is 0 Å². The summed E-state index contributed by atoms with van der Waals surface area (Å²) in [4.78, 5) is 12.1. The topological polar surface area (TPSA) is 34.0 Å². The monoisotopic (exact) mass is 250 g/mol. The Balaban J connectivity index is 2.22. The molecule has 0 aliphatic heterocycles. The van der Waals surface area contributed by atoms with Gasteiger partial charge in [0.1, 0.15) is 5.69 Å². The third-order valence-corrected chi connectivity index (χ3v) is 2.98. The Labute approximate surface area is 106 Å². The molecule has 0 aromatic carbocycles. The van der Waals surface area contributed by atoms with Crippen LogP contribution in [0.25, 0.3) is 0 Å². The van der Waals surface area contributed by atoms with Crippen molar-refractivity contribution in [1.82, 2.24) is 9.88 Å². The summed E-state index contributed by atoms with van der Waals surface area (Å²) >= 11 is 5.95. The zero-order valence-electron chi connectivity index (χ0n) is 9.96. The van der Waals surface area contributed by atoms with Crippen LogP contribution >= 0.6 is 11.6 Å². The van der Waals surface area contributed by atoms with Gasteiger partial charge in [0.15, 0.2) is 0 Å². The van der Waals surface area contributed by atoms with Crippen LogP contribution < -0.4 is 5.32 Å². The molecule has 90 valence electrons. The molecule has 1 aliphatic carbocycles. The normalized spacial score (nSPS) is 15.4. The molecule has 0 radical (unpaired) electrons. The Bertz CT molecular complexity index is 492. The summed E-state index contributed by atoms with van der Waals surface area (Å²) in [5.74, 6) is 2.36. The highest BCUT2D eigenvalue weighted by atomic mass is 35.5. The van der Waals surface area contributed by atoms with Crippen molar-refractivity contribution in [2.45, 2.75) is 38.3 Å². The predicted molar refractivity (Wildman–Crippen MR) is 68.1 cm³/mol. The molecule has 0 bridgehead atoms. The van der Waals surface area contributed by atoms with Crippen LogP contribution in [-0.2, 0) is 0 Å². The lowest BCUT2D eigenvalue weighted by molar-refractivity contribution is 0.0920. The second-order valence-corrected chi connectivity index (χ2v) is 5.34. The number of terminal acetylenes is 1. The summed E-state index contributed by atoms with van der Waals surface area (Å²) < 4.78 is 1.93. The fourth-order valence-corrected chi connectivity index (χ4v) is 1.87. The number of carbonyl (C=O) groups is 1. The Hall–Kier alpha value is -1.40. The van der Waals surface area contributed by atoms with Gasteiger partial charge in [0.05, 0.1) is 10.6 Å². The lowest BCUT2D eigenvalue weighted by atomic mass is 10.1. The fourth-order valence-electron chi connectivity index (χ4n) is 1.67. The highest BCUT2D eigenvalue weighted by Gasteiger charge is 2.29. The highest BCUT2D eigenvalue weighted by molar-refractivity contribution is 6.31. The van der Waals surface area contributed by atoms with Crippen LogP contribution in [0.5, 0.6) is 0 Å². The number of carbonyl (C=O) groups excluding carboxylic acids is 1. The van der Waals surface area contributed by atoms with Crippen molar-refractivity contribution in [2.24, 2.45) is 0 Å². The molecule has 1 heterocycles. The van der Waals surface area contributed by atoms with E-state index in [-0.39, 0.29) is 5.91 Å². The van der Waals surface area contributed by atoms with Gasteiger partial charge >= 0.3 is 0 Å². The van der Waals surface area contributed by atoms with Gasteiger partial charge in [-0.3, -0.25) is 4.79 Å². The molecule has 0 atom stereocenters. The van der Waals surface area contributed by atoms with Crippen molar-refractivity contribution < 1.29 is 4.79 Å². The number of amides is 1. The second kappa shape index (κ2) is 4.12. The number of nitrogens with zero attached hydrogens (tertiary/aromatic N) is 1. The molecule has 1 N–H and O–H groups in total. The molecule has 0 saturated heterocycles. The van der Waals surface area contributed by atoms with Crippen molar-refractivity contribution in [3.63, 3.8) is 0 Å². The van der Waals surface area contributed by atoms with Crippen molar-refractivity contribution in [1.29, 1.82) is 0 Å². The molecular weight excluding hydrogens is 236 g/mol. The molecule has 1 aromatic heterocycles. The third-order valence-electron chi connectivity index (χ3n) is 2.77. The molecule has 1 amide bonds. The van der Waals surface area contributed by atoms with E-state index in [1.165, 1.54) is 0 Å². The van der Waals surface area contributed by atoms with Crippen LogP contribution in [0.15, 0.2) is 12.3 Å². The minimum Gasteiger partial charge on any atom is -0.339 e. The van der Waals surface area contributed by atoms with Crippen LogP contribution in [-0.4, -0.2) is 16.0 Å². The average Bonchev–Trinajstić information content (AvgIpc) is 3.01. The van der Waals surface area contributed by atoms with E-state index in [4.69, 9.17) is 18.0 Å². The first-order valence-corrected chi connectivity index (χ1v) is 5.98. The molecule has 0 spiro atoms. The molecular formula is C13H15ClN2O. The van der Waals surface area contributed by atoms with E-state index in [9.17, 15) is 4.79 Å². The Morgan fingerprint density at radius 3 is 2.82 bits per heavy atom. The number of hydrogen-bond acceptors (Lipinski definition) is 1. The first kappa shape index (κ1) is 12.1. The summed E-state index contributed by atoms with van der Waals surface area (Å²) in [6, 6.07) is 2.10. The van der Waals surface area contributed by atoms with Crippen molar-refractivity contribution in [3.8, 4) is 12.3 Å². The number of hydrogen-bond donors (Lipinski definition) is 1. The summed E-state index contributed by atoms with van der Waals surface area (Å²) in [6.07, 6.45) is 9.36. The number of nitrogens with one attached hydrogen (secondary N) is 1. The number of aromatic nitrogens is 1. The van der Waals surface area contributed by atoms with E-state index < -0.39 is 5.54 Å². The van der Waals surface area contributed by atoms with Gasteiger partial charge in [-0.05, 0) is 32.8 Å². The molecule has 3 nitrogen and oxygen atoms in total. The zero-order chi connectivity index (χ0) is 12.6. The van der Waals surface area contributed by atoms with Crippen molar-refractivity contribution >= 4 is 17.5 Å². The minimum absolute atomic E-state index is 0.174. The van der Waals surface area contributed by atoms with Crippen molar-refractivity contribution in [2.75, 3.05) is 0 Å². The largest absolute Gasteiger partial charge is 0.339 e. The summed E-state index contributed by atoms with van der Waals surface area (Å²) in [6.45, 7) is 3.58. The van der Waals surface area contributed by atoms with Gasteiger partial charge in [0.25, 0.3) is 5.91 Å². The Morgan fingerprint density at radius 2 is 2.29 bits per heavy atom. The molecule has 1 aliphatic rings. The van der Waals surface area contributed by atoms with E-state index >= 15 is 0 Å². The Morgan fingerprint density at radius 1 is 1.65 bits per heavy atom. The molecule has 1 saturated carbocycles. The SMILES string of the molecule is C#CC(C)(C)NC(=O)c1cc(Cl)cn1C1CC1.